The van der Waals surface area contributed by atoms with Crippen LogP contribution in [0.1, 0.15) is 13.3 Å². The van der Waals surface area contributed by atoms with Crippen LogP contribution in [0.15, 0.2) is 6.33 Å². The Balaban J connectivity index is 2.14. The van der Waals surface area contributed by atoms with Gasteiger partial charge in [-0.15, -0.1) is 0 Å². The topological polar surface area (TPSA) is 97.0 Å². The van der Waals surface area contributed by atoms with Crippen molar-refractivity contribution in [3.8, 4) is 0 Å². The summed E-state index contributed by atoms with van der Waals surface area (Å²) in [7, 11) is 3.31. The molecule has 2 rings (SSSR count). The Labute approximate surface area is 123 Å². The Kier molecular flexibility index (Phi) is 5.70. The summed E-state index contributed by atoms with van der Waals surface area (Å²) in [6.07, 6.45) is 2.57. The molecule has 0 amide bonds. The average Bonchev–Trinajstić information content (AvgIpc) is 2.97. The van der Waals surface area contributed by atoms with Crippen molar-refractivity contribution in [2.75, 3.05) is 44.5 Å². The molecule has 2 heterocycles. The summed E-state index contributed by atoms with van der Waals surface area (Å²) in [5.41, 5.74) is 1.41. The number of ether oxygens (including phenoxy) is 2. The van der Waals surface area contributed by atoms with Crippen LogP contribution in [-0.4, -0.2) is 60.0 Å². The van der Waals surface area contributed by atoms with Crippen molar-refractivity contribution >= 4 is 22.9 Å². The van der Waals surface area contributed by atoms with Gasteiger partial charge < -0.3 is 25.1 Å². The Morgan fingerprint density at radius 3 is 2.86 bits per heavy atom. The molecule has 2 aromatic heterocycles. The highest BCUT2D eigenvalue weighted by atomic mass is 16.5. The number of imidazole rings is 1. The van der Waals surface area contributed by atoms with Crippen molar-refractivity contribution in [3.63, 3.8) is 0 Å². The number of fused-ring (bicyclic) bond motifs is 1. The zero-order valence-electron chi connectivity index (χ0n) is 12.6. The van der Waals surface area contributed by atoms with Crippen LogP contribution in [0.5, 0.6) is 0 Å². The minimum Gasteiger partial charge on any atom is -0.382 e. The summed E-state index contributed by atoms with van der Waals surface area (Å²) in [5.74, 6) is 1.27. The van der Waals surface area contributed by atoms with Crippen molar-refractivity contribution in [2.24, 2.45) is 0 Å². The van der Waals surface area contributed by atoms with Crippen LogP contribution >= 0.6 is 0 Å². The smallest absolute Gasteiger partial charge is 0.226 e. The SMILES string of the molecule is CCCNc1nc(NCC(COC)OC)c2[nH]cnc2n1. The molecule has 0 aromatic carbocycles. The third-order valence-electron chi connectivity index (χ3n) is 3.00. The number of aromatic amines is 1. The average molecular weight is 294 g/mol. The molecular formula is C13H22N6O2. The summed E-state index contributed by atoms with van der Waals surface area (Å²) in [6.45, 7) is 4.01. The maximum atomic E-state index is 5.33. The molecular weight excluding hydrogens is 272 g/mol. The van der Waals surface area contributed by atoms with Gasteiger partial charge in [-0.2, -0.15) is 9.97 Å². The van der Waals surface area contributed by atoms with Crippen LogP contribution < -0.4 is 10.6 Å². The van der Waals surface area contributed by atoms with E-state index in [1.54, 1.807) is 20.5 Å². The molecule has 116 valence electrons. The fourth-order valence-electron chi connectivity index (χ4n) is 1.88. The van der Waals surface area contributed by atoms with E-state index in [1.807, 2.05) is 0 Å². The van der Waals surface area contributed by atoms with Gasteiger partial charge in [0.15, 0.2) is 11.5 Å². The van der Waals surface area contributed by atoms with Crippen LogP contribution in [-0.2, 0) is 9.47 Å². The third kappa shape index (κ3) is 4.02. The number of rotatable bonds is 9. The van der Waals surface area contributed by atoms with Gasteiger partial charge >= 0.3 is 0 Å². The molecule has 0 fully saturated rings. The highest BCUT2D eigenvalue weighted by molar-refractivity contribution is 5.83. The first kappa shape index (κ1) is 15.5. The lowest BCUT2D eigenvalue weighted by Crippen LogP contribution is -2.27. The molecule has 0 aliphatic heterocycles. The largest absolute Gasteiger partial charge is 0.382 e. The van der Waals surface area contributed by atoms with Gasteiger partial charge in [-0.25, -0.2) is 4.98 Å². The summed E-state index contributed by atoms with van der Waals surface area (Å²) in [6, 6.07) is 0. The number of aromatic nitrogens is 4. The standard InChI is InChI=1S/C13H22N6O2/c1-4-5-14-13-18-11(10-12(19-13)17-8-16-10)15-6-9(21-3)7-20-2/h8-9H,4-7H2,1-3H3,(H3,14,15,16,17,18,19). The van der Waals surface area contributed by atoms with Gasteiger partial charge in [0.1, 0.15) is 5.52 Å². The van der Waals surface area contributed by atoms with Gasteiger partial charge in [-0.05, 0) is 6.42 Å². The van der Waals surface area contributed by atoms with Crippen molar-refractivity contribution in [2.45, 2.75) is 19.4 Å². The predicted molar refractivity (Wildman–Crippen MR) is 81.6 cm³/mol. The molecule has 2 aromatic rings. The zero-order chi connectivity index (χ0) is 15.1. The maximum Gasteiger partial charge on any atom is 0.226 e. The van der Waals surface area contributed by atoms with E-state index in [9.17, 15) is 0 Å². The van der Waals surface area contributed by atoms with Crippen LogP contribution in [0.4, 0.5) is 11.8 Å². The van der Waals surface area contributed by atoms with E-state index in [0.717, 1.165) is 18.5 Å². The second-order valence-electron chi connectivity index (χ2n) is 4.62. The lowest BCUT2D eigenvalue weighted by molar-refractivity contribution is 0.0365. The number of nitrogens with zero attached hydrogens (tertiary/aromatic N) is 3. The quantitative estimate of drug-likeness (QED) is 0.640. The Morgan fingerprint density at radius 1 is 1.29 bits per heavy atom. The molecule has 1 unspecified atom stereocenters. The number of hydrogen-bond donors (Lipinski definition) is 3. The molecule has 0 saturated carbocycles. The minimum absolute atomic E-state index is 0.0463. The molecule has 0 aliphatic carbocycles. The fourth-order valence-corrected chi connectivity index (χ4v) is 1.88. The van der Waals surface area contributed by atoms with Crippen LogP contribution in [0.2, 0.25) is 0 Å². The van der Waals surface area contributed by atoms with E-state index in [2.05, 4.69) is 37.5 Å². The number of methoxy groups -OCH3 is 2. The molecule has 3 N–H and O–H groups in total. The number of H-pyrrole nitrogens is 1. The predicted octanol–water partition coefficient (Wildman–Crippen LogP) is 1.25. The Morgan fingerprint density at radius 2 is 2.14 bits per heavy atom. The van der Waals surface area contributed by atoms with Crippen molar-refractivity contribution in [3.05, 3.63) is 6.33 Å². The molecule has 0 saturated heterocycles. The number of hydrogen-bond acceptors (Lipinski definition) is 7. The van der Waals surface area contributed by atoms with E-state index in [4.69, 9.17) is 9.47 Å². The molecule has 1 atom stereocenters. The first-order chi connectivity index (χ1) is 10.3. The van der Waals surface area contributed by atoms with Gasteiger partial charge in [-0.1, -0.05) is 6.92 Å². The fraction of sp³-hybridized carbons (Fsp3) is 0.615. The molecule has 8 nitrogen and oxygen atoms in total. The third-order valence-corrected chi connectivity index (χ3v) is 3.00. The summed E-state index contributed by atoms with van der Waals surface area (Å²) in [4.78, 5) is 16.1. The molecule has 0 spiro atoms. The zero-order valence-corrected chi connectivity index (χ0v) is 12.6. The van der Waals surface area contributed by atoms with Crippen molar-refractivity contribution in [1.82, 2.24) is 19.9 Å². The molecule has 21 heavy (non-hydrogen) atoms. The highest BCUT2D eigenvalue weighted by Crippen LogP contribution is 2.18. The van der Waals surface area contributed by atoms with Crippen molar-refractivity contribution < 1.29 is 9.47 Å². The number of nitrogens with one attached hydrogen (secondary N) is 3. The van der Waals surface area contributed by atoms with E-state index in [-0.39, 0.29) is 6.10 Å². The molecule has 0 bridgehead atoms. The van der Waals surface area contributed by atoms with E-state index in [0.29, 0.717) is 30.6 Å². The first-order valence-electron chi connectivity index (χ1n) is 6.99. The summed E-state index contributed by atoms with van der Waals surface area (Å²) in [5, 5.41) is 6.43. The normalized spacial score (nSPS) is 12.5. The number of anilines is 2. The Hall–Kier alpha value is -1.93. The molecule has 8 heteroatoms. The van der Waals surface area contributed by atoms with E-state index >= 15 is 0 Å². The van der Waals surface area contributed by atoms with Crippen LogP contribution in [0.3, 0.4) is 0 Å². The van der Waals surface area contributed by atoms with Gasteiger partial charge in [0.05, 0.1) is 19.0 Å². The lowest BCUT2D eigenvalue weighted by atomic mass is 10.3. The summed E-state index contributed by atoms with van der Waals surface area (Å²) < 4.78 is 10.4. The van der Waals surface area contributed by atoms with Gasteiger partial charge in [0, 0.05) is 27.3 Å². The van der Waals surface area contributed by atoms with E-state index in [1.165, 1.54) is 0 Å². The highest BCUT2D eigenvalue weighted by Gasteiger charge is 2.12. The van der Waals surface area contributed by atoms with Crippen LogP contribution in [0.25, 0.3) is 11.2 Å². The second kappa shape index (κ2) is 7.75. The van der Waals surface area contributed by atoms with Gasteiger partial charge in [0.25, 0.3) is 0 Å². The summed E-state index contributed by atoms with van der Waals surface area (Å²) >= 11 is 0. The van der Waals surface area contributed by atoms with Crippen LogP contribution in [0, 0.1) is 0 Å². The monoisotopic (exact) mass is 294 g/mol. The molecule has 0 radical (unpaired) electrons. The maximum absolute atomic E-state index is 5.33. The lowest BCUT2D eigenvalue weighted by Gasteiger charge is -2.16. The molecule has 0 aliphatic rings. The van der Waals surface area contributed by atoms with Gasteiger partial charge in [0.2, 0.25) is 5.95 Å². The Bertz CT molecular complexity index is 559. The van der Waals surface area contributed by atoms with Crippen molar-refractivity contribution in [1.29, 1.82) is 0 Å². The second-order valence-corrected chi connectivity index (χ2v) is 4.62. The van der Waals surface area contributed by atoms with E-state index < -0.39 is 0 Å². The first-order valence-corrected chi connectivity index (χ1v) is 6.99. The van der Waals surface area contributed by atoms with Gasteiger partial charge in [-0.3, -0.25) is 0 Å². The minimum atomic E-state index is -0.0463.